The molecule has 0 aromatic heterocycles. The zero-order valence-corrected chi connectivity index (χ0v) is 15.1. The molecular formula is C17H27NO4S. The van der Waals surface area contributed by atoms with Gasteiger partial charge in [-0.2, -0.15) is 4.31 Å². The minimum absolute atomic E-state index is 0.428. The maximum Gasteiger partial charge on any atom is 0.243 e. The Morgan fingerprint density at radius 3 is 2.48 bits per heavy atom. The predicted octanol–water partition coefficient (Wildman–Crippen LogP) is 2.37. The second-order valence-corrected chi connectivity index (χ2v) is 8.09. The molecule has 0 bridgehead atoms. The normalized spacial score (nSPS) is 17.5. The van der Waals surface area contributed by atoms with Gasteiger partial charge >= 0.3 is 0 Å². The highest BCUT2D eigenvalue weighted by Gasteiger charge is 2.30. The number of nitrogens with zero attached hydrogens (tertiary/aromatic N) is 1. The van der Waals surface area contributed by atoms with Gasteiger partial charge in [-0.25, -0.2) is 8.42 Å². The van der Waals surface area contributed by atoms with Gasteiger partial charge < -0.3 is 9.47 Å². The van der Waals surface area contributed by atoms with Gasteiger partial charge in [0.25, 0.3) is 0 Å². The summed E-state index contributed by atoms with van der Waals surface area (Å²) < 4.78 is 37.7. The van der Waals surface area contributed by atoms with Crippen LogP contribution in [0.15, 0.2) is 23.1 Å². The molecule has 0 aliphatic carbocycles. The lowest BCUT2D eigenvalue weighted by Crippen LogP contribution is -2.39. The van der Waals surface area contributed by atoms with Gasteiger partial charge in [0.2, 0.25) is 10.0 Å². The van der Waals surface area contributed by atoms with E-state index in [2.05, 4.69) is 0 Å². The lowest BCUT2D eigenvalue weighted by Gasteiger charge is -2.31. The summed E-state index contributed by atoms with van der Waals surface area (Å²) in [6.07, 6.45) is 1.69. The molecule has 0 amide bonds. The van der Waals surface area contributed by atoms with Gasteiger partial charge in [0.1, 0.15) is 0 Å². The summed E-state index contributed by atoms with van der Waals surface area (Å²) in [5.41, 5.74) is 1.89. The molecule has 0 unspecified atom stereocenters. The summed E-state index contributed by atoms with van der Waals surface area (Å²) in [5, 5.41) is 0. The molecule has 6 heteroatoms. The SMILES string of the molecule is COCCOCC1CCN(S(=O)(=O)c2ccc(C)cc2C)CC1. The first-order valence-corrected chi connectivity index (χ1v) is 9.53. The van der Waals surface area contributed by atoms with Gasteiger partial charge in [0, 0.05) is 26.8 Å². The second-order valence-electron chi connectivity index (χ2n) is 6.18. The lowest BCUT2D eigenvalue weighted by atomic mass is 9.99. The first-order valence-electron chi connectivity index (χ1n) is 8.09. The Morgan fingerprint density at radius 2 is 1.87 bits per heavy atom. The topological polar surface area (TPSA) is 55.8 Å². The first kappa shape index (κ1) is 18.4. The molecular weight excluding hydrogens is 314 g/mol. The fraction of sp³-hybridized carbons (Fsp3) is 0.647. The van der Waals surface area contributed by atoms with Crippen molar-refractivity contribution in [3.05, 3.63) is 29.3 Å². The molecule has 1 aromatic carbocycles. The van der Waals surface area contributed by atoms with Crippen molar-refractivity contribution in [2.75, 3.05) is 40.0 Å². The molecule has 23 heavy (non-hydrogen) atoms. The number of benzene rings is 1. The largest absolute Gasteiger partial charge is 0.382 e. The molecule has 1 heterocycles. The average Bonchev–Trinajstić information content (AvgIpc) is 2.52. The predicted molar refractivity (Wildman–Crippen MR) is 90.1 cm³/mol. The number of hydrogen-bond acceptors (Lipinski definition) is 4. The lowest BCUT2D eigenvalue weighted by molar-refractivity contribution is 0.0410. The molecule has 1 fully saturated rings. The number of aryl methyl sites for hydroxylation is 2. The summed E-state index contributed by atoms with van der Waals surface area (Å²) in [4.78, 5) is 0.429. The van der Waals surface area contributed by atoms with Crippen LogP contribution in [0.25, 0.3) is 0 Å². The van der Waals surface area contributed by atoms with Crippen molar-refractivity contribution in [1.29, 1.82) is 0 Å². The number of rotatable bonds is 7. The minimum Gasteiger partial charge on any atom is -0.382 e. The highest BCUT2D eigenvalue weighted by Crippen LogP contribution is 2.26. The van der Waals surface area contributed by atoms with Gasteiger partial charge in [0.15, 0.2) is 0 Å². The number of sulfonamides is 1. The standard InChI is InChI=1S/C17H27NO4S/c1-14-4-5-17(15(2)12-14)23(19,20)18-8-6-16(7-9-18)13-22-11-10-21-3/h4-5,12,16H,6-11,13H2,1-3H3. The van der Waals surface area contributed by atoms with Crippen molar-refractivity contribution in [2.24, 2.45) is 5.92 Å². The third-order valence-corrected chi connectivity index (χ3v) is 6.37. The Hall–Kier alpha value is -0.950. The summed E-state index contributed by atoms with van der Waals surface area (Å²) in [6, 6.07) is 5.50. The zero-order chi connectivity index (χ0) is 16.9. The second kappa shape index (κ2) is 8.24. The Bertz CT molecular complexity index is 607. The van der Waals surface area contributed by atoms with E-state index in [0.717, 1.165) is 24.0 Å². The van der Waals surface area contributed by atoms with E-state index in [0.29, 0.717) is 43.7 Å². The van der Waals surface area contributed by atoms with Gasteiger partial charge in [-0.3, -0.25) is 0 Å². The Morgan fingerprint density at radius 1 is 1.17 bits per heavy atom. The van der Waals surface area contributed by atoms with Crippen LogP contribution in [0, 0.1) is 19.8 Å². The number of methoxy groups -OCH3 is 1. The van der Waals surface area contributed by atoms with E-state index >= 15 is 0 Å². The molecule has 0 spiro atoms. The van der Waals surface area contributed by atoms with Crippen molar-refractivity contribution in [2.45, 2.75) is 31.6 Å². The smallest absolute Gasteiger partial charge is 0.243 e. The molecule has 2 rings (SSSR count). The van der Waals surface area contributed by atoms with E-state index in [9.17, 15) is 8.42 Å². The van der Waals surface area contributed by atoms with Crippen LogP contribution in [0.4, 0.5) is 0 Å². The van der Waals surface area contributed by atoms with Crippen LogP contribution in [0.1, 0.15) is 24.0 Å². The van der Waals surface area contributed by atoms with Crippen LogP contribution in [-0.2, 0) is 19.5 Å². The van der Waals surface area contributed by atoms with Crippen molar-refractivity contribution in [1.82, 2.24) is 4.31 Å². The quantitative estimate of drug-likeness (QED) is 0.715. The van der Waals surface area contributed by atoms with E-state index in [4.69, 9.17) is 9.47 Å². The van der Waals surface area contributed by atoms with E-state index < -0.39 is 10.0 Å². The maximum absolute atomic E-state index is 12.8. The first-order chi connectivity index (χ1) is 10.9. The fourth-order valence-electron chi connectivity index (χ4n) is 2.94. The Balaban J connectivity index is 1.93. The molecule has 0 saturated carbocycles. The summed E-state index contributed by atoms with van der Waals surface area (Å²) in [6.45, 7) is 6.83. The minimum atomic E-state index is -3.39. The van der Waals surface area contributed by atoms with E-state index in [-0.39, 0.29) is 0 Å². The molecule has 1 saturated heterocycles. The third-order valence-electron chi connectivity index (χ3n) is 4.31. The highest BCUT2D eigenvalue weighted by atomic mass is 32.2. The average molecular weight is 341 g/mol. The monoisotopic (exact) mass is 341 g/mol. The van der Waals surface area contributed by atoms with Crippen LogP contribution in [0.3, 0.4) is 0 Å². The van der Waals surface area contributed by atoms with Crippen molar-refractivity contribution >= 4 is 10.0 Å². The van der Waals surface area contributed by atoms with E-state index in [1.54, 1.807) is 17.5 Å². The molecule has 5 nitrogen and oxygen atoms in total. The van der Waals surface area contributed by atoms with Crippen molar-refractivity contribution in [3.63, 3.8) is 0 Å². The van der Waals surface area contributed by atoms with Gasteiger partial charge in [-0.05, 0) is 44.2 Å². The summed E-state index contributed by atoms with van der Waals surface area (Å²) in [7, 11) is -1.74. The van der Waals surface area contributed by atoms with Gasteiger partial charge in [-0.1, -0.05) is 17.7 Å². The summed E-state index contributed by atoms with van der Waals surface area (Å²) in [5.74, 6) is 0.428. The van der Waals surface area contributed by atoms with E-state index in [1.165, 1.54) is 0 Å². The molecule has 1 aliphatic heterocycles. The van der Waals surface area contributed by atoms with Crippen LogP contribution in [0.2, 0.25) is 0 Å². The molecule has 1 aliphatic rings. The molecule has 0 N–H and O–H groups in total. The highest BCUT2D eigenvalue weighted by molar-refractivity contribution is 7.89. The summed E-state index contributed by atoms with van der Waals surface area (Å²) >= 11 is 0. The van der Waals surface area contributed by atoms with Crippen LogP contribution >= 0.6 is 0 Å². The van der Waals surface area contributed by atoms with Gasteiger partial charge in [-0.15, -0.1) is 0 Å². The van der Waals surface area contributed by atoms with Crippen LogP contribution < -0.4 is 0 Å². The van der Waals surface area contributed by atoms with E-state index in [1.807, 2.05) is 26.0 Å². The maximum atomic E-state index is 12.8. The fourth-order valence-corrected chi connectivity index (χ4v) is 4.61. The Labute approximate surface area is 139 Å². The zero-order valence-electron chi connectivity index (χ0n) is 14.2. The van der Waals surface area contributed by atoms with Crippen LogP contribution in [0.5, 0.6) is 0 Å². The van der Waals surface area contributed by atoms with Crippen LogP contribution in [-0.4, -0.2) is 52.7 Å². The van der Waals surface area contributed by atoms with Crippen molar-refractivity contribution < 1.29 is 17.9 Å². The van der Waals surface area contributed by atoms with Gasteiger partial charge in [0.05, 0.1) is 18.1 Å². The molecule has 0 radical (unpaired) electrons. The third kappa shape index (κ3) is 4.76. The molecule has 0 atom stereocenters. The molecule has 130 valence electrons. The Kier molecular flexibility index (Phi) is 6.59. The number of piperidine rings is 1. The number of hydrogen-bond donors (Lipinski definition) is 0. The van der Waals surface area contributed by atoms with Crippen molar-refractivity contribution in [3.8, 4) is 0 Å². The number of ether oxygens (including phenoxy) is 2. The molecule has 1 aromatic rings.